The summed E-state index contributed by atoms with van der Waals surface area (Å²) in [6.45, 7) is 1.51. The van der Waals surface area contributed by atoms with Gasteiger partial charge in [-0.05, 0) is 25.3 Å². The molecule has 0 aliphatic rings. The third-order valence-corrected chi connectivity index (χ3v) is 3.75. The molecule has 6 heteroatoms. The third kappa shape index (κ3) is 9.00. The van der Waals surface area contributed by atoms with E-state index in [4.69, 9.17) is 14.6 Å². The first-order valence-electron chi connectivity index (χ1n) is 7.89. The first-order valence-corrected chi connectivity index (χ1v) is 7.89. The molecule has 1 aromatic rings. The predicted octanol–water partition coefficient (Wildman–Crippen LogP) is 3.13. The summed E-state index contributed by atoms with van der Waals surface area (Å²) in [7, 11) is 1.45. The molecule has 25 heavy (non-hydrogen) atoms. The highest BCUT2D eigenvalue weighted by Gasteiger charge is 2.21. The minimum absolute atomic E-state index is 0. The molecular formula is C19H30O6. The van der Waals surface area contributed by atoms with Crippen molar-refractivity contribution in [3.8, 4) is 0 Å². The van der Waals surface area contributed by atoms with Crippen LogP contribution in [0.1, 0.15) is 40.6 Å². The summed E-state index contributed by atoms with van der Waals surface area (Å²) in [6.07, 6.45) is 0.356. The van der Waals surface area contributed by atoms with Crippen molar-refractivity contribution in [2.24, 2.45) is 5.92 Å². The van der Waals surface area contributed by atoms with Crippen LogP contribution in [0.5, 0.6) is 0 Å². The van der Waals surface area contributed by atoms with Crippen LogP contribution in [0, 0.1) is 5.92 Å². The van der Waals surface area contributed by atoms with Gasteiger partial charge in [0, 0.05) is 20.9 Å². The second kappa shape index (κ2) is 12.2. The molecule has 142 valence electrons. The topological polar surface area (TPSA) is 89.9 Å². The summed E-state index contributed by atoms with van der Waals surface area (Å²) in [6, 6.07) is 9.48. The quantitative estimate of drug-likeness (QED) is 0.484. The molecule has 0 aromatic heterocycles. The lowest BCUT2D eigenvalue weighted by molar-refractivity contribution is -0.155. The smallest absolute Gasteiger partial charge is 0.335 e. The number of benzene rings is 1. The van der Waals surface area contributed by atoms with Crippen molar-refractivity contribution in [1.29, 1.82) is 0 Å². The SMILES string of the molecule is C.COC(Cc1ccccc1)C(=O)OCCCC(CC(=O)O)C(C)=O.[2HH]. The molecule has 2 atom stereocenters. The van der Waals surface area contributed by atoms with Crippen molar-refractivity contribution in [2.45, 2.75) is 46.1 Å². The number of hydrogen-bond donors (Lipinski definition) is 1. The zero-order valence-electron chi connectivity index (χ0n) is 14.1. The lowest BCUT2D eigenvalue weighted by atomic mass is 9.96. The van der Waals surface area contributed by atoms with Crippen molar-refractivity contribution >= 4 is 17.7 Å². The molecule has 1 aromatic carbocycles. The van der Waals surface area contributed by atoms with Gasteiger partial charge in [-0.3, -0.25) is 9.59 Å². The van der Waals surface area contributed by atoms with Gasteiger partial charge in [0.1, 0.15) is 5.78 Å². The average Bonchev–Trinajstić information content (AvgIpc) is 2.55. The second-order valence-electron chi connectivity index (χ2n) is 5.63. The van der Waals surface area contributed by atoms with E-state index < -0.39 is 24.0 Å². The van der Waals surface area contributed by atoms with E-state index >= 15 is 0 Å². The number of ether oxygens (including phenoxy) is 2. The van der Waals surface area contributed by atoms with Crippen LogP contribution in [0.15, 0.2) is 30.3 Å². The summed E-state index contributed by atoms with van der Waals surface area (Å²) in [5.74, 6) is -2.17. The fourth-order valence-corrected chi connectivity index (χ4v) is 2.35. The number of aliphatic carboxylic acids is 1. The van der Waals surface area contributed by atoms with Crippen molar-refractivity contribution in [1.82, 2.24) is 0 Å². The highest BCUT2D eigenvalue weighted by atomic mass is 16.6. The highest BCUT2D eigenvalue weighted by Crippen LogP contribution is 2.13. The second-order valence-corrected chi connectivity index (χ2v) is 5.63. The van der Waals surface area contributed by atoms with Gasteiger partial charge in [-0.1, -0.05) is 37.8 Å². The molecule has 0 spiro atoms. The molecule has 0 fully saturated rings. The first kappa shape index (κ1) is 22.8. The summed E-state index contributed by atoms with van der Waals surface area (Å²) in [4.78, 5) is 34.1. The largest absolute Gasteiger partial charge is 0.481 e. The van der Waals surface area contributed by atoms with E-state index in [0.29, 0.717) is 19.3 Å². The molecule has 0 bridgehead atoms. The Kier molecular flexibility index (Phi) is 11.1. The number of esters is 1. The van der Waals surface area contributed by atoms with E-state index in [1.807, 2.05) is 30.3 Å². The number of carbonyl (C=O) groups is 3. The first-order chi connectivity index (χ1) is 11.4. The summed E-state index contributed by atoms with van der Waals surface area (Å²) in [5, 5.41) is 8.77. The predicted molar refractivity (Wildman–Crippen MR) is 96.4 cm³/mol. The fourth-order valence-electron chi connectivity index (χ4n) is 2.35. The van der Waals surface area contributed by atoms with Gasteiger partial charge in [-0.25, -0.2) is 4.79 Å². The maximum Gasteiger partial charge on any atom is 0.335 e. The molecule has 6 nitrogen and oxygen atoms in total. The molecule has 0 radical (unpaired) electrons. The van der Waals surface area contributed by atoms with Crippen molar-refractivity contribution in [3.05, 3.63) is 35.9 Å². The minimum atomic E-state index is -1.01. The molecule has 0 amide bonds. The number of carboxylic acids is 1. The lowest BCUT2D eigenvalue weighted by Crippen LogP contribution is -2.28. The Balaban J connectivity index is 0. The van der Waals surface area contributed by atoms with Crippen molar-refractivity contribution in [3.63, 3.8) is 0 Å². The highest BCUT2D eigenvalue weighted by molar-refractivity contribution is 5.82. The van der Waals surface area contributed by atoms with Crippen LogP contribution in [0.2, 0.25) is 0 Å². The monoisotopic (exact) mass is 355 g/mol. The molecule has 0 saturated heterocycles. The molecular weight excluding hydrogens is 324 g/mol. The van der Waals surface area contributed by atoms with Gasteiger partial charge in [-0.2, -0.15) is 0 Å². The Morgan fingerprint density at radius 3 is 2.36 bits per heavy atom. The summed E-state index contributed by atoms with van der Waals surface area (Å²) >= 11 is 0. The van der Waals surface area contributed by atoms with Crippen LogP contribution in [-0.4, -0.2) is 42.6 Å². The van der Waals surface area contributed by atoms with Crippen LogP contribution >= 0.6 is 0 Å². The number of Topliss-reactive ketones (excluding diaryl/α,β-unsaturated/α-hetero) is 1. The van der Waals surface area contributed by atoms with E-state index in [1.165, 1.54) is 14.0 Å². The zero-order valence-corrected chi connectivity index (χ0v) is 14.1. The zero-order chi connectivity index (χ0) is 17.9. The van der Waals surface area contributed by atoms with Crippen LogP contribution in [0.25, 0.3) is 0 Å². The summed E-state index contributed by atoms with van der Waals surface area (Å²) in [5.41, 5.74) is 0.972. The van der Waals surface area contributed by atoms with Gasteiger partial charge < -0.3 is 14.6 Å². The molecule has 0 aliphatic heterocycles. The van der Waals surface area contributed by atoms with Gasteiger partial charge >= 0.3 is 11.9 Å². The standard InChI is InChI=1S/C18H24O6.CH4.H2/c1-13(19)15(12-17(20)21)9-6-10-24-18(22)16(23-2)11-14-7-4-3-5-8-14;;/h3-5,7-8,15-16H,6,9-12H2,1-2H3,(H,20,21);1H4;1H/i;;1+1. The van der Waals surface area contributed by atoms with Gasteiger partial charge in [-0.15, -0.1) is 0 Å². The number of carboxylic acid groups (broad SMARTS) is 1. The molecule has 0 saturated carbocycles. The number of hydrogen-bond acceptors (Lipinski definition) is 5. The average molecular weight is 355 g/mol. The van der Waals surface area contributed by atoms with Gasteiger partial charge in [0.05, 0.1) is 13.0 Å². The van der Waals surface area contributed by atoms with E-state index in [9.17, 15) is 14.4 Å². The number of carbonyl (C=O) groups excluding carboxylic acids is 2. The lowest BCUT2D eigenvalue weighted by Gasteiger charge is -2.15. The van der Waals surface area contributed by atoms with E-state index in [-0.39, 0.29) is 27.7 Å². The van der Waals surface area contributed by atoms with E-state index in [2.05, 4.69) is 0 Å². The number of ketones is 1. The Morgan fingerprint density at radius 2 is 1.84 bits per heavy atom. The molecule has 0 aliphatic carbocycles. The van der Waals surface area contributed by atoms with E-state index in [1.54, 1.807) is 0 Å². The van der Waals surface area contributed by atoms with Crippen molar-refractivity contribution in [2.75, 3.05) is 13.7 Å². The Morgan fingerprint density at radius 1 is 1.20 bits per heavy atom. The van der Waals surface area contributed by atoms with Gasteiger partial charge in [0.15, 0.2) is 6.10 Å². The molecule has 1 rings (SSSR count). The molecule has 1 N–H and O–H groups in total. The van der Waals surface area contributed by atoms with Crippen LogP contribution in [0.4, 0.5) is 0 Å². The normalized spacial score (nSPS) is 12.6. The maximum atomic E-state index is 12.0. The number of rotatable bonds is 11. The summed E-state index contributed by atoms with van der Waals surface area (Å²) < 4.78 is 10.4. The maximum absolute atomic E-state index is 12.0. The minimum Gasteiger partial charge on any atom is -0.481 e. The molecule has 2 unspecified atom stereocenters. The van der Waals surface area contributed by atoms with Crippen LogP contribution in [-0.2, 0) is 30.3 Å². The van der Waals surface area contributed by atoms with Crippen LogP contribution < -0.4 is 0 Å². The Hall–Kier alpha value is -2.21. The fraction of sp³-hybridized carbons (Fsp3) is 0.526. The van der Waals surface area contributed by atoms with Gasteiger partial charge in [0.25, 0.3) is 0 Å². The van der Waals surface area contributed by atoms with Crippen LogP contribution in [0.3, 0.4) is 0 Å². The third-order valence-electron chi connectivity index (χ3n) is 3.75. The van der Waals surface area contributed by atoms with Gasteiger partial charge in [0.2, 0.25) is 0 Å². The Bertz CT molecular complexity index is 546. The Labute approximate surface area is 150 Å². The molecule has 0 heterocycles. The van der Waals surface area contributed by atoms with Crippen molar-refractivity contribution < 1.29 is 30.4 Å². The van der Waals surface area contributed by atoms with E-state index in [0.717, 1.165) is 5.56 Å². The number of methoxy groups -OCH3 is 1.